The largest absolute Gasteiger partial charge is 0.435 e. The molecule has 12 heteroatoms. The van der Waals surface area contributed by atoms with Crippen molar-refractivity contribution in [2.75, 3.05) is 19.7 Å². The van der Waals surface area contributed by atoms with Gasteiger partial charge in [-0.05, 0) is 0 Å². The summed E-state index contributed by atoms with van der Waals surface area (Å²) in [6.45, 7) is -0.652. The van der Waals surface area contributed by atoms with E-state index in [1.807, 2.05) is 0 Å². The molecule has 2 rings (SSSR count). The summed E-state index contributed by atoms with van der Waals surface area (Å²) < 4.78 is 120. The molecule has 24 heavy (non-hydrogen) atoms. The number of rotatable bonds is 3. The Morgan fingerprint density at radius 2 is 1.46 bits per heavy atom. The van der Waals surface area contributed by atoms with Gasteiger partial charge in [0.1, 0.15) is 18.2 Å². The molecule has 0 spiro atoms. The van der Waals surface area contributed by atoms with Crippen molar-refractivity contribution in [2.45, 2.75) is 55.0 Å². The zero-order chi connectivity index (χ0) is 18.6. The van der Waals surface area contributed by atoms with Crippen LogP contribution in [0.5, 0.6) is 0 Å². The maximum atomic E-state index is 12.9. The molecule has 0 aromatic rings. The number of aliphatic hydroxyl groups is 1. The van der Waals surface area contributed by atoms with E-state index in [1.54, 1.807) is 0 Å². The van der Waals surface area contributed by atoms with Crippen LogP contribution in [-0.4, -0.2) is 60.6 Å². The molecule has 0 aromatic carbocycles. The van der Waals surface area contributed by atoms with Gasteiger partial charge in [-0.25, -0.2) is 0 Å². The Bertz CT molecular complexity index is 437. The minimum atomic E-state index is -6.72. The predicted molar refractivity (Wildman–Crippen MR) is 60.1 cm³/mol. The molecule has 142 valence electrons. The summed E-state index contributed by atoms with van der Waals surface area (Å²) in [6.07, 6.45) is -21.7. The molecule has 2 fully saturated rings. The van der Waals surface area contributed by atoms with Gasteiger partial charge in [0, 0.05) is 19.3 Å². The van der Waals surface area contributed by atoms with Gasteiger partial charge in [0.05, 0.1) is 13.2 Å². The van der Waals surface area contributed by atoms with E-state index in [0.29, 0.717) is 24.3 Å². The van der Waals surface area contributed by atoms with Crippen molar-refractivity contribution in [3.8, 4) is 0 Å². The molecule has 2 saturated heterocycles. The lowest BCUT2D eigenvalue weighted by atomic mass is 9.93. The lowest BCUT2D eigenvalue weighted by Crippen LogP contribution is -3.16. The van der Waals surface area contributed by atoms with Crippen LogP contribution >= 0.6 is 0 Å². The van der Waals surface area contributed by atoms with Gasteiger partial charge in [0.15, 0.2) is 0 Å². The van der Waals surface area contributed by atoms with E-state index in [-0.39, 0.29) is 0 Å². The van der Waals surface area contributed by atoms with E-state index in [0.717, 1.165) is 0 Å². The van der Waals surface area contributed by atoms with Crippen LogP contribution in [0.2, 0.25) is 0 Å². The first-order chi connectivity index (χ1) is 10.7. The molecule has 2 N–H and O–H groups in total. The average molecular weight is 376 g/mol. The second-order valence-electron chi connectivity index (χ2n) is 6.22. The Hall–Kier alpha value is -0.750. The van der Waals surface area contributed by atoms with Crippen LogP contribution in [0.25, 0.3) is 0 Å². The van der Waals surface area contributed by atoms with Crippen LogP contribution in [0.4, 0.5) is 39.5 Å². The first kappa shape index (κ1) is 19.6. The fourth-order valence-corrected chi connectivity index (χ4v) is 3.70. The van der Waals surface area contributed by atoms with Gasteiger partial charge in [-0.1, -0.05) is 0 Å². The Labute approximate surface area is 130 Å². The van der Waals surface area contributed by atoms with Crippen molar-refractivity contribution in [3.05, 3.63) is 0 Å². The Morgan fingerprint density at radius 3 is 1.83 bits per heavy atom. The van der Waals surface area contributed by atoms with Crippen LogP contribution < -0.4 is 4.90 Å². The standard InChI is InChI=1S/C12H14F9NO2/c13-10(14,15)9(11(16,17)18,12(19,20)21)24-7-4-8(6-23)2-1-3-22(8)5-7/h7,23H,1-6H2/p+1/t7-,8+/m0/s1. The number of hydrogen-bond donors (Lipinski definition) is 2. The normalized spacial score (nSPS) is 32.2. The zero-order valence-corrected chi connectivity index (χ0v) is 12.1. The molecule has 3 atom stereocenters. The molecule has 0 amide bonds. The van der Waals surface area contributed by atoms with Crippen LogP contribution in [0.15, 0.2) is 0 Å². The van der Waals surface area contributed by atoms with E-state index >= 15 is 0 Å². The molecule has 0 bridgehead atoms. The molecule has 2 heterocycles. The molecule has 0 aliphatic carbocycles. The molecule has 2 aliphatic heterocycles. The Kier molecular flexibility index (Phi) is 4.59. The van der Waals surface area contributed by atoms with Gasteiger partial charge in [-0.2, -0.15) is 39.5 Å². The second-order valence-corrected chi connectivity index (χ2v) is 6.22. The maximum absolute atomic E-state index is 12.9. The third-order valence-corrected chi connectivity index (χ3v) is 4.82. The molecule has 0 saturated carbocycles. The molecule has 0 aromatic heterocycles. The van der Waals surface area contributed by atoms with Crippen molar-refractivity contribution in [3.63, 3.8) is 0 Å². The summed E-state index contributed by atoms with van der Waals surface area (Å²) in [5.41, 5.74) is -7.29. The Morgan fingerprint density at radius 1 is 0.958 bits per heavy atom. The third-order valence-electron chi connectivity index (χ3n) is 4.82. The summed E-state index contributed by atoms with van der Waals surface area (Å²) in [7, 11) is 0. The summed E-state index contributed by atoms with van der Waals surface area (Å²) in [5, 5.41) is 9.38. The highest BCUT2D eigenvalue weighted by atomic mass is 19.4. The van der Waals surface area contributed by atoms with Crippen molar-refractivity contribution in [1.29, 1.82) is 0 Å². The fraction of sp³-hybridized carbons (Fsp3) is 1.00. The number of alkyl halides is 9. The lowest BCUT2D eigenvalue weighted by Gasteiger charge is -2.39. The minimum Gasteiger partial charge on any atom is -0.390 e. The topological polar surface area (TPSA) is 33.9 Å². The van der Waals surface area contributed by atoms with E-state index in [1.165, 1.54) is 0 Å². The quantitative estimate of drug-likeness (QED) is 0.734. The first-order valence-corrected chi connectivity index (χ1v) is 7.04. The van der Waals surface area contributed by atoms with Crippen LogP contribution in [0.3, 0.4) is 0 Å². The van der Waals surface area contributed by atoms with Gasteiger partial charge < -0.3 is 14.7 Å². The molecular weight excluding hydrogens is 361 g/mol. The monoisotopic (exact) mass is 376 g/mol. The SMILES string of the molecule is OC[C@]12CCC[NH+]1C[C@@H](OC(C(F)(F)F)(C(F)(F)F)C(F)(F)F)C2. The van der Waals surface area contributed by atoms with E-state index in [2.05, 4.69) is 4.74 Å². The summed E-state index contributed by atoms with van der Waals surface area (Å²) in [5.74, 6) is 0. The van der Waals surface area contributed by atoms with Crippen LogP contribution in [0.1, 0.15) is 19.3 Å². The van der Waals surface area contributed by atoms with Gasteiger partial charge in [0.2, 0.25) is 0 Å². The highest BCUT2D eigenvalue weighted by molar-refractivity contribution is 5.04. The summed E-state index contributed by atoms with van der Waals surface area (Å²) >= 11 is 0. The number of quaternary nitrogens is 1. The van der Waals surface area contributed by atoms with Gasteiger partial charge >= 0.3 is 24.1 Å². The fourth-order valence-electron chi connectivity index (χ4n) is 3.70. The summed E-state index contributed by atoms with van der Waals surface area (Å²) in [6, 6.07) is 0. The van der Waals surface area contributed by atoms with Crippen LogP contribution in [0, 0.1) is 0 Å². The van der Waals surface area contributed by atoms with Gasteiger partial charge in [-0.15, -0.1) is 0 Å². The molecule has 3 nitrogen and oxygen atoms in total. The smallest absolute Gasteiger partial charge is 0.390 e. The molecule has 2 aliphatic rings. The van der Waals surface area contributed by atoms with Gasteiger partial charge in [-0.3, -0.25) is 0 Å². The zero-order valence-electron chi connectivity index (χ0n) is 12.1. The average Bonchev–Trinajstić information content (AvgIpc) is 2.87. The molecule has 1 unspecified atom stereocenters. The number of hydrogen-bond acceptors (Lipinski definition) is 2. The van der Waals surface area contributed by atoms with Crippen molar-refractivity contribution in [1.82, 2.24) is 0 Å². The van der Waals surface area contributed by atoms with Crippen molar-refractivity contribution in [2.24, 2.45) is 0 Å². The van der Waals surface area contributed by atoms with Gasteiger partial charge in [0.25, 0.3) is 0 Å². The minimum absolute atomic E-state index is 0.301. The lowest BCUT2D eigenvalue weighted by molar-refractivity contribution is -0.927. The number of halogens is 9. The predicted octanol–water partition coefficient (Wildman–Crippen LogP) is 1.61. The number of aliphatic hydroxyl groups excluding tert-OH is 1. The highest BCUT2D eigenvalue weighted by Crippen LogP contribution is 2.55. The Balaban J connectivity index is 2.38. The summed E-state index contributed by atoms with van der Waals surface area (Å²) in [4.78, 5) is 0.468. The number of fused-ring (bicyclic) bond motifs is 1. The second kappa shape index (κ2) is 5.63. The van der Waals surface area contributed by atoms with Crippen LogP contribution in [-0.2, 0) is 4.74 Å². The van der Waals surface area contributed by atoms with E-state index < -0.39 is 55.3 Å². The maximum Gasteiger partial charge on any atom is 0.435 e. The molecule has 0 radical (unpaired) electrons. The number of nitrogens with one attached hydrogen (secondary N) is 1. The van der Waals surface area contributed by atoms with E-state index in [4.69, 9.17) is 0 Å². The highest BCUT2D eigenvalue weighted by Gasteiger charge is 2.86. The molecular formula is C12H15F9NO2+. The van der Waals surface area contributed by atoms with Crippen molar-refractivity contribution < 1.29 is 54.3 Å². The van der Waals surface area contributed by atoms with Crippen molar-refractivity contribution >= 4 is 0 Å². The van der Waals surface area contributed by atoms with E-state index in [9.17, 15) is 44.6 Å². The third kappa shape index (κ3) is 2.75. The number of ether oxygens (including phenoxy) is 1. The first-order valence-electron chi connectivity index (χ1n) is 7.04.